The summed E-state index contributed by atoms with van der Waals surface area (Å²) < 4.78 is 6.63. The molecule has 36 heavy (non-hydrogen) atoms. The normalized spacial score (nSPS) is 11.6. The summed E-state index contributed by atoms with van der Waals surface area (Å²) in [5, 5.41) is 4.58. The van der Waals surface area contributed by atoms with E-state index in [-0.39, 0.29) is 5.92 Å². The summed E-state index contributed by atoms with van der Waals surface area (Å²) in [6, 6.07) is 46.7. The lowest BCUT2D eigenvalue weighted by Gasteiger charge is -2.21. The number of hydrogen-bond donors (Lipinski definition) is 0. The standard InChI is InChI=1S/C34H23NO/c1-3-13-23(14-4-1)31(24-15-5-2-6-16-24)27-19-9-12-22-30(27)34-35-32-28-20-10-7-17-25(28)26-18-8-11-21-29(26)33(32)36-34/h1-22,31H. The molecule has 2 heteroatoms. The molecule has 0 aliphatic heterocycles. The van der Waals surface area contributed by atoms with E-state index in [2.05, 4.69) is 133 Å². The van der Waals surface area contributed by atoms with Gasteiger partial charge in [-0.1, -0.05) is 127 Å². The van der Waals surface area contributed by atoms with Crippen LogP contribution in [0.25, 0.3) is 44.1 Å². The molecule has 0 atom stereocenters. The smallest absolute Gasteiger partial charge is 0.227 e. The Hall–Kier alpha value is -4.69. The van der Waals surface area contributed by atoms with Crippen LogP contribution in [0.1, 0.15) is 22.6 Å². The number of benzene rings is 6. The second kappa shape index (κ2) is 8.51. The molecule has 0 aliphatic rings. The van der Waals surface area contributed by atoms with Crippen molar-refractivity contribution in [2.24, 2.45) is 0 Å². The van der Waals surface area contributed by atoms with Gasteiger partial charge in [0.15, 0.2) is 5.58 Å². The Balaban J connectivity index is 1.51. The number of fused-ring (bicyclic) bond motifs is 6. The zero-order chi connectivity index (χ0) is 23.9. The van der Waals surface area contributed by atoms with Gasteiger partial charge in [0.05, 0.1) is 0 Å². The highest BCUT2D eigenvalue weighted by Gasteiger charge is 2.23. The molecule has 7 aromatic rings. The van der Waals surface area contributed by atoms with Gasteiger partial charge in [-0.2, -0.15) is 0 Å². The first kappa shape index (κ1) is 20.7. The maximum Gasteiger partial charge on any atom is 0.227 e. The minimum absolute atomic E-state index is 0.0621. The van der Waals surface area contributed by atoms with Crippen LogP contribution in [0.3, 0.4) is 0 Å². The van der Waals surface area contributed by atoms with E-state index < -0.39 is 0 Å². The van der Waals surface area contributed by atoms with E-state index in [1.165, 1.54) is 27.5 Å². The molecular formula is C34H23NO. The number of nitrogens with zero attached hydrogens (tertiary/aromatic N) is 1. The van der Waals surface area contributed by atoms with Crippen LogP contribution in [0.5, 0.6) is 0 Å². The highest BCUT2D eigenvalue weighted by molar-refractivity contribution is 6.22. The first-order chi connectivity index (χ1) is 17.9. The predicted octanol–water partition coefficient (Wildman–Crippen LogP) is 8.98. The summed E-state index contributed by atoms with van der Waals surface area (Å²) in [6.45, 7) is 0. The largest absolute Gasteiger partial charge is 0.435 e. The maximum atomic E-state index is 6.63. The van der Waals surface area contributed by atoms with E-state index >= 15 is 0 Å². The molecular weight excluding hydrogens is 438 g/mol. The topological polar surface area (TPSA) is 26.0 Å². The van der Waals surface area contributed by atoms with E-state index in [1.807, 2.05) is 0 Å². The zero-order valence-electron chi connectivity index (χ0n) is 19.6. The molecule has 2 nitrogen and oxygen atoms in total. The van der Waals surface area contributed by atoms with Crippen LogP contribution in [0.2, 0.25) is 0 Å². The molecule has 0 amide bonds. The minimum atomic E-state index is 0.0621. The third-order valence-corrected chi connectivity index (χ3v) is 7.04. The SMILES string of the molecule is c1ccc(C(c2ccccc2)c2ccccc2-c2nc3c4ccccc4c4ccccc4c3o2)cc1. The van der Waals surface area contributed by atoms with Crippen LogP contribution in [-0.4, -0.2) is 4.98 Å². The van der Waals surface area contributed by atoms with Crippen molar-refractivity contribution >= 4 is 32.6 Å². The van der Waals surface area contributed by atoms with Crippen molar-refractivity contribution in [1.82, 2.24) is 4.98 Å². The Bertz CT molecular complexity index is 1720. The summed E-state index contributed by atoms with van der Waals surface area (Å²) >= 11 is 0. The van der Waals surface area contributed by atoms with Gasteiger partial charge in [-0.15, -0.1) is 0 Å². The monoisotopic (exact) mass is 461 g/mol. The molecule has 0 saturated heterocycles. The van der Waals surface area contributed by atoms with E-state index in [4.69, 9.17) is 9.40 Å². The van der Waals surface area contributed by atoms with Crippen LogP contribution in [0, 0.1) is 0 Å². The van der Waals surface area contributed by atoms with E-state index in [0.29, 0.717) is 5.89 Å². The predicted molar refractivity (Wildman–Crippen MR) is 148 cm³/mol. The van der Waals surface area contributed by atoms with Gasteiger partial charge in [0.1, 0.15) is 5.52 Å². The minimum Gasteiger partial charge on any atom is -0.435 e. The summed E-state index contributed by atoms with van der Waals surface area (Å²) in [5.74, 6) is 0.714. The number of rotatable bonds is 4. The summed E-state index contributed by atoms with van der Waals surface area (Å²) in [5.41, 5.74) is 6.41. The second-order valence-corrected chi connectivity index (χ2v) is 9.13. The van der Waals surface area contributed by atoms with Crippen LogP contribution in [-0.2, 0) is 0 Å². The third kappa shape index (κ3) is 3.30. The fourth-order valence-electron chi connectivity index (χ4n) is 5.43. The molecule has 0 bridgehead atoms. The Morgan fingerprint density at radius 2 is 0.972 bits per heavy atom. The molecule has 0 N–H and O–H groups in total. The number of aromatic nitrogens is 1. The highest BCUT2D eigenvalue weighted by Crippen LogP contribution is 2.41. The Kier molecular flexibility index (Phi) is 4.89. The lowest BCUT2D eigenvalue weighted by Crippen LogP contribution is -2.05. The number of hydrogen-bond acceptors (Lipinski definition) is 2. The van der Waals surface area contributed by atoms with Gasteiger partial charge in [0.25, 0.3) is 0 Å². The molecule has 7 rings (SSSR count). The van der Waals surface area contributed by atoms with Gasteiger partial charge in [0, 0.05) is 22.3 Å². The zero-order valence-corrected chi connectivity index (χ0v) is 19.6. The van der Waals surface area contributed by atoms with Gasteiger partial charge >= 0.3 is 0 Å². The van der Waals surface area contributed by atoms with Crippen molar-refractivity contribution in [1.29, 1.82) is 0 Å². The molecule has 0 fully saturated rings. The first-order valence-corrected chi connectivity index (χ1v) is 12.3. The van der Waals surface area contributed by atoms with Crippen molar-refractivity contribution in [3.63, 3.8) is 0 Å². The van der Waals surface area contributed by atoms with Crippen molar-refractivity contribution in [3.8, 4) is 11.5 Å². The van der Waals surface area contributed by atoms with Crippen molar-refractivity contribution in [2.75, 3.05) is 0 Å². The Morgan fingerprint density at radius 1 is 0.472 bits per heavy atom. The second-order valence-electron chi connectivity index (χ2n) is 9.13. The van der Waals surface area contributed by atoms with Gasteiger partial charge in [-0.3, -0.25) is 0 Å². The average molecular weight is 462 g/mol. The first-order valence-electron chi connectivity index (χ1n) is 12.3. The van der Waals surface area contributed by atoms with Gasteiger partial charge in [-0.25, -0.2) is 4.98 Å². The van der Waals surface area contributed by atoms with E-state index in [1.54, 1.807) is 0 Å². The molecule has 0 saturated carbocycles. The molecule has 0 radical (unpaired) electrons. The molecule has 1 aromatic heterocycles. The summed E-state index contributed by atoms with van der Waals surface area (Å²) in [4.78, 5) is 5.12. The fourth-order valence-corrected chi connectivity index (χ4v) is 5.43. The molecule has 170 valence electrons. The van der Waals surface area contributed by atoms with E-state index in [9.17, 15) is 0 Å². The molecule has 0 spiro atoms. The summed E-state index contributed by atoms with van der Waals surface area (Å²) in [6.07, 6.45) is 0. The molecule has 1 heterocycles. The van der Waals surface area contributed by atoms with Gasteiger partial charge in [0.2, 0.25) is 5.89 Å². The molecule has 0 aliphatic carbocycles. The molecule has 0 unspecified atom stereocenters. The van der Waals surface area contributed by atoms with E-state index in [0.717, 1.165) is 27.4 Å². The summed E-state index contributed by atoms with van der Waals surface area (Å²) in [7, 11) is 0. The fraction of sp³-hybridized carbons (Fsp3) is 0.0294. The van der Waals surface area contributed by atoms with Crippen LogP contribution in [0.4, 0.5) is 0 Å². The Labute approximate surface area is 209 Å². The quantitative estimate of drug-likeness (QED) is 0.193. The van der Waals surface area contributed by atoms with Crippen molar-refractivity contribution < 1.29 is 4.42 Å². The van der Waals surface area contributed by atoms with Crippen LogP contribution < -0.4 is 0 Å². The third-order valence-electron chi connectivity index (χ3n) is 7.04. The highest BCUT2D eigenvalue weighted by atomic mass is 16.3. The van der Waals surface area contributed by atoms with Crippen LogP contribution >= 0.6 is 0 Å². The Morgan fingerprint density at radius 3 is 1.64 bits per heavy atom. The van der Waals surface area contributed by atoms with Gasteiger partial charge in [-0.05, 0) is 33.5 Å². The average Bonchev–Trinajstić information content (AvgIpc) is 3.41. The molecule has 6 aromatic carbocycles. The lowest BCUT2D eigenvalue weighted by atomic mass is 9.83. The lowest BCUT2D eigenvalue weighted by molar-refractivity contribution is 0.621. The van der Waals surface area contributed by atoms with Crippen molar-refractivity contribution in [3.05, 3.63) is 150 Å². The number of oxazole rings is 1. The van der Waals surface area contributed by atoms with Crippen LogP contribution in [0.15, 0.2) is 138 Å². The maximum absolute atomic E-state index is 6.63. The van der Waals surface area contributed by atoms with Crippen molar-refractivity contribution in [2.45, 2.75) is 5.92 Å². The van der Waals surface area contributed by atoms with Gasteiger partial charge < -0.3 is 4.42 Å².